The number of aliphatic hydroxyl groups excluding tert-OH is 3. The summed E-state index contributed by atoms with van der Waals surface area (Å²) in [5, 5.41) is 33.0. The summed E-state index contributed by atoms with van der Waals surface area (Å²) in [7, 11) is 1.77. The number of hydrogen-bond acceptors (Lipinski definition) is 6. The zero-order chi connectivity index (χ0) is 14.3. The first-order valence-corrected chi connectivity index (χ1v) is 6.34. The van der Waals surface area contributed by atoms with Gasteiger partial charge in [0.1, 0.15) is 30.0 Å². The minimum Gasteiger partial charge on any atom is -0.392 e. The topological polar surface area (TPSA) is 103 Å². The van der Waals surface area contributed by atoms with Gasteiger partial charge in [0.05, 0.1) is 18.0 Å². The SMILES string of the molecule is CNc1ncnc2c1ccn2[C@@H]1C=C(CO)[C@@H](O)[C@H]1O. The van der Waals surface area contributed by atoms with Crippen LogP contribution in [0, 0.1) is 0 Å². The number of nitrogens with zero attached hydrogens (tertiary/aromatic N) is 3. The lowest BCUT2D eigenvalue weighted by Crippen LogP contribution is -2.30. The van der Waals surface area contributed by atoms with Crippen molar-refractivity contribution in [3.63, 3.8) is 0 Å². The molecule has 0 amide bonds. The highest BCUT2D eigenvalue weighted by molar-refractivity contribution is 5.87. The number of hydrogen-bond donors (Lipinski definition) is 4. The van der Waals surface area contributed by atoms with Crippen molar-refractivity contribution in [2.24, 2.45) is 0 Å². The molecule has 3 rings (SSSR count). The average molecular weight is 276 g/mol. The summed E-state index contributed by atoms with van der Waals surface area (Å²) in [4.78, 5) is 8.36. The molecule has 0 spiro atoms. The molecule has 1 aliphatic rings. The fourth-order valence-corrected chi connectivity index (χ4v) is 2.62. The second kappa shape index (κ2) is 4.86. The van der Waals surface area contributed by atoms with Crippen molar-refractivity contribution < 1.29 is 15.3 Å². The van der Waals surface area contributed by atoms with Gasteiger partial charge in [-0.25, -0.2) is 9.97 Å². The highest BCUT2D eigenvalue weighted by Gasteiger charge is 2.35. The molecule has 7 heteroatoms. The van der Waals surface area contributed by atoms with Crippen molar-refractivity contribution in [3.8, 4) is 0 Å². The largest absolute Gasteiger partial charge is 0.392 e. The van der Waals surface area contributed by atoms with E-state index >= 15 is 0 Å². The van der Waals surface area contributed by atoms with Gasteiger partial charge in [0.15, 0.2) is 0 Å². The minimum absolute atomic E-state index is 0.273. The predicted molar refractivity (Wildman–Crippen MR) is 73.3 cm³/mol. The Hall–Kier alpha value is -1.96. The Labute approximate surface area is 115 Å². The summed E-state index contributed by atoms with van der Waals surface area (Å²) in [5.41, 5.74) is 1.09. The highest BCUT2D eigenvalue weighted by Crippen LogP contribution is 2.32. The Morgan fingerprint density at radius 2 is 2.15 bits per heavy atom. The van der Waals surface area contributed by atoms with Gasteiger partial charge in [-0.15, -0.1) is 0 Å². The number of fused-ring (bicyclic) bond motifs is 1. The molecule has 2 aromatic heterocycles. The zero-order valence-electron chi connectivity index (χ0n) is 10.9. The van der Waals surface area contributed by atoms with Gasteiger partial charge in [-0.3, -0.25) is 0 Å². The minimum atomic E-state index is -1.05. The average Bonchev–Trinajstić information content (AvgIpc) is 3.01. The van der Waals surface area contributed by atoms with Crippen molar-refractivity contribution in [1.82, 2.24) is 14.5 Å². The van der Waals surface area contributed by atoms with Crippen molar-refractivity contribution in [2.45, 2.75) is 18.2 Å². The lowest BCUT2D eigenvalue weighted by molar-refractivity contribution is 0.0288. The van der Waals surface area contributed by atoms with Crippen LogP contribution in [0.3, 0.4) is 0 Å². The molecule has 0 bridgehead atoms. The first kappa shape index (κ1) is 13.0. The maximum absolute atomic E-state index is 10.1. The van der Waals surface area contributed by atoms with Gasteiger partial charge in [0, 0.05) is 13.2 Å². The molecule has 106 valence electrons. The number of rotatable bonds is 3. The van der Waals surface area contributed by atoms with Crippen LogP contribution in [-0.2, 0) is 0 Å². The number of aliphatic hydroxyl groups is 3. The molecule has 0 unspecified atom stereocenters. The fourth-order valence-electron chi connectivity index (χ4n) is 2.62. The van der Waals surface area contributed by atoms with E-state index in [2.05, 4.69) is 15.3 Å². The maximum Gasteiger partial charge on any atom is 0.146 e. The quantitative estimate of drug-likeness (QED) is 0.572. The summed E-state index contributed by atoms with van der Waals surface area (Å²) in [5.74, 6) is 0.702. The van der Waals surface area contributed by atoms with Crippen LogP contribution in [0.1, 0.15) is 6.04 Å². The first-order valence-electron chi connectivity index (χ1n) is 6.34. The van der Waals surface area contributed by atoms with E-state index in [1.165, 1.54) is 6.33 Å². The van der Waals surface area contributed by atoms with Crippen LogP contribution in [0.5, 0.6) is 0 Å². The van der Waals surface area contributed by atoms with E-state index in [0.29, 0.717) is 17.0 Å². The highest BCUT2D eigenvalue weighted by atomic mass is 16.3. The summed E-state index contributed by atoms with van der Waals surface area (Å²) >= 11 is 0. The molecule has 2 heterocycles. The van der Waals surface area contributed by atoms with E-state index in [9.17, 15) is 15.3 Å². The lowest BCUT2D eigenvalue weighted by Gasteiger charge is -2.19. The van der Waals surface area contributed by atoms with E-state index in [4.69, 9.17) is 0 Å². The Kier molecular flexibility index (Phi) is 3.17. The molecule has 0 fully saturated rings. The van der Waals surface area contributed by atoms with Gasteiger partial charge in [-0.1, -0.05) is 6.08 Å². The van der Waals surface area contributed by atoms with E-state index in [1.54, 1.807) is 23.9 Å². The normalized spacial score (nSPS) is 26.0. The molecule has 0 radical (unpaired) electrons. The van der Waals surface area contributed by atoms with Crippen molar-refractivity contribution in [3.05, 3.63) is 30.2 Å². The second-order valence-corrected chi connectivity index (χ2v) is 4.76. The van der Waals surface area contributed by atoms with E-state index < -0.39 is 18.2 Å². The van der Waals surface area contributed by atoms with Gasteiger partial charge in [0.2, 0.25) is 0 Å². The summed E-state index contributed by atoms with van der Waals surface area (Å²) < 4.78 is 1.77. The van der Waals surface area contributed by atoms with Crippen molar-refractivity contribution in [2.75, 3.05) is 19.0 Å². The molecular weight excluding hydrogens is 260 g/mol. The third-order valence-electron chi connectivity index (χ3n) is 3.69. The van der Waals surface area contributed by atoms with Gasteiger partial charge in [-0.2, -0.15) is 0 Å². The molecule has 0 saturated heterocycles. The van der Waals surface area contributed by atoms with E-state index in [0.717, 1.165) is 5.39 Å². The van der Waals surface area contributed by atoms with Gasteiger partial charge in [0.25, 0.3) is 0 Å². The van der Waals surface area contributed by atoms with Crippen LogP contribution in [0.15, 0.2) is 30.2 Å². The fraction of sp³-hybridized carbons (Fsp3) is 0.385. The summed E-state index contributed by atoms with van der Waals surface area (Å²) in [6.45, 7) is -0.273. The van der Waals surface area contributed by atoms with Crippen LogP contribution < -0.4 is 5.32 Å². The Balaban J connectivity index is 2.10. The Bertz CT molecular complexity index is 667. The third-order valence-corrected chi connectivity index (χ3v) is 3.69. The molecule has 7 nitrogen and oxygen atoms in total. The molecule has 0 aliphatic heterocycles. The van der Waals surface area contributed by atoms with Crippen molar-refractivity contribution >= 4 is 16.9 Å². The second-order valence-electron chi connectivity index (χ2n) is 4.76. The molecule has 0 aromatic carbocycles. The van der Waals surface area contributed by atoms with Gasteiger partial charge in [-0.05, 0) is 11.6 Å². The predicted octanol–water partition coefficient (Wildman–Crippen LogP) is -0.332. The number of aromatic nitrogens is 3. The number of anilines is 1. The van der Waals surface area contributed by atoms with E-state index in [1.807, 2.05) is 6.07 Å². The van der Waals surface area contributed by atoms with Gasteiger partial charge < -0.3 is 25.2 Å². The third kappa shape index (κ3) is 1.79. The molecule has 3 atom stereocenters. The smallest absolute Gasteiger partial charge is 0.146 e. The molecule has 20 heavy (non-hydrogen) atoms. The molecule has 0 saturated carbocycles. The van der Waals surface area contributed by atoms with Crippen LogP contribution in [-0.4, -0.2) is 55.7 Å². The van der Waals surface area contributed by atoms with Crippen LogP contribution >= 0.6 is 0 Å². The van der Waals surface area contributed by atoms with Crippen LogP contribution in [0.2, 0.25) is 0 Å². The number of nitrogens with one attached hydrogen (secondary N) is 1. The first-order chi connectivity index (χ1) is 9.67. The maximum atomic E-state index is 10.1. The molecule has 1 aliphatic carbocycles. The summed E-state index contributed by atoms with van der Waals surface area (Å²) in [6, 6.07) is 1.40. The van der Waals surface area contributed by atoms with E-state index in [-0.39, 0.29) is 6.61 Å². The summed E-state index contributed by atoms with van der Waals surface area (Å²) in [6.07, 6.45) is 2.86. The Morgan fingerprint density at radius 3 is 2.80 bits per heavy atom. The monoisotopic (exact) mass is 276 g/mol. The Morgan fingerprint density at radius 1 is 1.35 bits per heavy atom. The van der Waals surface area contributed by atoms with Gasteiger partial charge >= 0.3 is 0 Å². The van der Waals surface area contributed by atoms with Crippen molar-refractivity contribution in [1.29, 1.82) is 0 Å². The standard InChI is InChI=1S/C13H16N4O3/c1-14-12-8-2-3-17(13(8)16-6-15-12)9-4-7(5-18)10(19)11(9)20/h2-4,6,9-11,18-20H,5H2,1H3,(H,14,15,16)/t9-,10-,11+/m1/s1. The zero-order valence-corrected chi connectivity index (χ0v) is 10.9. The molecule has 2 aromatic rings. The molecule has 4 N–H and O–H groups in total. The van der Waals surface area contributed by atoms with Crippen LogP contribution in [0.4, 0.5) is 5.82 Å². The van der Waals surface area contributed by atoms with Crippen LogP contribution in [0.25, 0.3) is 11.0 Å². The lowest BCUT2D eigenvalue weighted by atomic mass is 10.1. The molecular formula is C13H16N4O3.